The van der Waals surface area contributed by atoms with Crippen molar-refractivity contribution in [1.82, 2.24) is 25.1 Å². The summed E-state index contributed by atoms with van der Waals surface area (Å²) in [5, 5.41) is 8.02. The van der Waals surface area contributed by atoms with Crippen LogP contribution >= 0.6 is 0 Å². The van der Waals surface area contributed by atoms with Crippen LogP contribution in [0.1, 0.15) is 18.1 Å². The number of carbonyl (C=O) groups excluding carboxylic acids is 1. The van der Waals surface area contributed by atoms with Crippen LogP contribution < -0.4 is 5.32 Å². The Labute approximate surface area is 167 Å². The number of aromatic amines is 1. The lowest BCUT2D eigenvalue weighted by Gasteiger charge is -2.12. The van der Waals surface area contributed by atoms with E-state index in [4.69, 9.17) is 0 Å². The third-order valence-corrected chi connectivity index (χ3v) is 5.11. The lowest BCUT2D eigenvalue weighted by atomic mass is 10.0. The quantitative estimate of drug-likeness (QED) is 0.525. The van der Waals surface area contributed by atoms with E-state index >= 15 is 0 Å². The molecule has 0 saturated carbocycles. The van der Waals surface area contributed by atoms with Gasteiger partial charge < -0.3 is 10.3 Å². The third-order valence-electron chi connectivity index (χ3n) is 5.11. The average Bonchev–Trinajstić information content (AvgIpc) is 3.34. The number of benzene rings is 2. The van der Waals surface area contributed by atoms with Gasteiger partial charge in [-0.05, 0) is 42.3 Å². The van der Waals surface area contributed by atoms with Gasteiger partial charge in [0, 0.05) is 23.0 Å². The zero-order valence-corrected chi connectivity index (χ0v) is 16.3. The fourth-order valence-corrected chi connectivity index (χ4v) is 3.47. The van der Waals surface area contributed by atoms with Crippen LogP contribution in [0.15, 0.2) is 55.1 Å². The molecule has 0 aliphatic rings. The van der Waals surface area contributed by atoms with Gasteiger partial charge in [-0.1, -0.05) is 25.1 Å². The van der Waals surface area contributed by atoms with Gasteiger partial charge in [-0.25, -0.2) is 9.37 Å². The fraction of sp³-hybridized carbons (Fsp3) is 0.227. The maximum atomic E-state index is 14.2. The Bertz CT molecular complexity index is 1150. The fourth-order valence-electron chi connectivity index (χ4n) is 3.47. The van der Waals surface area contributed by atoms with Gasteiger partial charge in [0.1, 0.15) is 18.5 Å². The number of halogens is 1. The molecule has 7 heteroatoms. The highest BCUT2D eigenvalue weighted by Gasteiger charge is 2.15. The van der Waals surface area contributed by atoms with Gasteiger partial charge in [0.25, 0.3) is 0 Å². The maximum absolute atomic E-state index is 14.2. The van der Waals surface area contributed by atoms with Crippen LogP contribution in [0.4, 0.5) is 4.39 Å². The predicted octanol–water partition coefficient (Wildman–Crippen LogP) is 3.83. The second-order valence-electron chi connectivity index (χ2n) is 7.22. The molecule has 29 heavy (non-hydrogen) atoms. The van der Waals surface area contributed by atoms with Gasteiger partial charge in [-0.3, -0.25) is 9.48 Å². The minimum atomic E-state index is -0.254. The van der Waals surface area contributed by atoms with Gasteiger partial charge in [-0.2, -0.15) is 5.10 Å². The molecule has 148 valence electrons. The number of hydrogen-bond acceptors (Lipinski definition) is 3. The second-order valence-corrected chi connectivity index (χ2v) is 7.22. The minimum absolute atomic E-state index is 0.0431. The summed E-state index contributed by atoms with van der Waals surface area (Å²) >= 11 is 0. The monoisotopic (exact) mass is 391 g/mol. The van der Waals surface area contributed by atoms with Gasteiger partial charge in [0.05, 0.1) is 18.2 Å². The molecular weight excluding hydrogens is 369 g/mol. The first kappa shape index (κ1) is 18.9. The SMILES string of the molecule is Cc1c(-c2ccccc2F)[nH]c2ccc(CNC(=O)C(C)Cn3cncn3)cc12. The van der Waals surface area contributed by atoms with Crippen LogP contribution in [-0.4, -0.2) is 25.7 Å². The molecule has 2 N–H and O–H groups in total. The molecule has 0 aliphatic carbocycles. The third kappa shape index (κ3) is 3.89. The van der Waals surface area contributed by atoms with E-state index in [2.05, 4.69) is 20.4 Å². The van der Waals surface area contributed by atoms with Crippen LogP contribution in [0.25, 0.3) is 22.2 Å². The standard InChI is InChI=1S/C22H22FN5O/c1-14(11-28-13-24-12-26-28)22(29)25-10-16-7-8-20-18(9-16)15(2)21(27-20)17-5-3-4-6-19(17)23/h3-9,12-14,27H,10-11H2,1-2H3,(H,25,29). The van der Waals surface area contributed by atoms with Crippen molar-refractivity contribution in [2.75, 3.05) is 0 Å². The molecule has 4 rings (SSSR count). The Morgan fingerprint density at radius 2 is 2.10 bits per heavy atom. The number of nitrogens with one attached hydrogen (secondary N) is 2. The number of nitrogens with zero attached hydrogens (tertiary/aromatic N) is 3. The van der Waals surface area contributed by atoms with Crippen molar-refractivity contribution in [3.63, 3.8) is 0 Å². The van der Waals surface area contributed by atoms with Gasteiger partial charge in [-0.15, -0.1) is 0 Å². The summed E-state index contributed by atoms with van der Waals surface area (Å²) in [6, 6.07) is 12.7. The molecule has 2 aromatic heterocycles. The van der Waals surface area contributed by atoms with Crippen molar-refractivity contribution in [3.05, 3.63) is 72.1 Å². The zero-order chi connectivity index (χ0) is 20.4. The van der Waals surface area contributed by atoms with Gasteiger partial charge in [0.15, 0.2) is 0 Å². The van der Waals surface area contributed by atoms with Crippen LogP contribution in [0, 0.1) is 18.7 Å². The lowest BCUT2D eigenvalue weighted by Crippen LogP contribution is -2.31. The Hall–Kier alpha value is -3.48. The highest BCUT2D eigenvalue weighted by Crippen LogP contribution is 2.31. The number of aromatic nitrogens is 4. The highest BCUT2D eigenvalue weighted by molar-refractivity contribution is 5.91. The summed E-state index contributed by atoms with van der Waals surface area (Å²) in [5.41, 5.74) is 4.24. The Morgan fingerprint density at radius 1 is 1.28 bits per heavy atom. The number of carbonyl (C=O) groups is 1. The smallest absolute Gasteiger partial charge is 0.224 e. The highest BCUT2D eigenvalue weighted by atomic mass is 19.1. The first-order chi connectivity index (χ1) is 14.0. The molecule has 2 aromatic carbocycles. The molecule has 6 nitrogen and oxygen atoms in total. The Morgan fingerprint density at radius 3 is 2.86 bits per heavy atom. The van der Waals surface area contributed by atoms with Crippen molar-refractivity contribution < 1.29 is 9.18 Å². The molecule has 0 fully saturated rings. The van der Waals surface area contributed by atoms with Crippen LogP contribution in [0.5, 0.6) is 0 Å². The topological polar surface area (TPSA) is 75.6 Å². The maximum Gasteiger partial charge on any atom is 0.224 e. The Balaban J connectivity index is 1.50. The molecule has 0 aliphatic heterocycles. The first-order valence-corrected chi connectivity index (χ1v) is 9.49. The van der Waals surface area contributed by atoms with Crippen molar-refractivity contribution in [3.8, 4) is 11.3 Å². The summed E-state index contributed by atoms with van der Waals surface area (Å²) in [4.78, 5) is 19.6. The molecule has 1 amide bonds. The van der Waals surface area contributed by atoms with Crippen molar-refractivity contribution in [1.29, 1.82) is 0 Å². The predicted molar refractivity (Wildman–Crippen MR) is 109 cm³/mol. The largest absolute Gasteiger partial charge is 0.354 e. The van der Waals surface area contributed by atoms with E-state index in [0.717, 1.165) is 27.7 Å². The molecule has 0 bridgehead atoms. The minimum Gasteiger partial charge on any atom is -0.354 e. The number of amides is 1. The van der Waals surface area contributed by atoms with E-state index in [-0.39, 0.29) is 17.6 Å². The molecule has 1 atom stereocenters. The van der Waals surface area contributed by atoms with Gasteiger partial charge in [0.2, 0.25) is 5.91 Å². The molecule has 0 radical (unpaired) electrons. The van der Waals surface area contributed by atoms with E-state index < -0.39 is 0 Å². The second kappa shape index (κ2) is 7.87. The van der Waals surface area contributed by atoms with Gasteiger partial charge >= 0.3 is 0 Å². The number of aryl methyl sites for hydroxylation is 1. The van der Waals surface area contributed by atoms with Crippen LogP contribution in [0.2, 0.25) is 0 Å². The summed E-state index contributed by atoms with van der Waals surface area (Å²) in [6.07, 6.45) is 3.05. The normalized spacial score (nSPS) is 12.2. The molecule has 4 aromatic rings. The molecular formula is C22H22FN5O. The number of H-pyrrole nitrogens is 1. The van der Waals surface area contributed by atoms with E-state index in [1.165, 1.54) is 12.4 Å². The average molecular weight is 391 g/mol. The number of fused-ring (bicyclic) bond motifs is 1. The first-order valence-electron chi connectivity index (χ1n) is 9.49. The van der Waals surface area contributed by atoms with E-state index in [1.54, 1.807) is 23.1 Å². The molecule has 0 spiro atoms. The zero-order valence-electron chi connectivity index (χ0n) is 16.3. The summed E-state index contributed by atoms with van der Waals surface area (Å²) in [5.74, 6) is -0.517. The van der Waals surface area contributed by atoms with Crippen molar-refractivity contribution >= 4 is 16.8 Å². The number of rotatable bonds is 6. The summed E-state index contributed by atoms with van der Waals surface area (Å²) in [6.45, 7) is 4.74. The lowest BCUT2D eigenvalue weighted by molar-refractivity contribution is -0.125. The molecule has 1 unspecified atom stereocenters. The summed E-state index contributed by atoms with van der Waals surface area (Å²) < 4.78 is 15.8. The number of hydrogen-bond donors (Lipinski definition) is 2. The van der Waals surface area contributed by atoms with Crippen LogP contribution in [-0.2, 0) is 17.9 Å². The van der Waals surface area contributed by atoms with E-state index in [0.29, 0.717) is 18.7 Å². The van der Waals surface area contributed by atoms with E-state index in [1.807, 2.05) is 38.1 Å². The Kier molecular flexibility index (Phi) is 5.12. The molecule has 0 saturated heterocycles. The summed E-state index contributed by atoms with van der Waals surface area (Å²) in [7, 11) is 0. The van der Waals surface area contributed by atoms with Crippen LogP contribution in [0.3, 0.4) is 0 Å². The van der Waals surface area contributed by atoms with E-state index in [9.17, 15) is 9.18 Å². The van der Waals surface area contributed by atoms with Crippen molar-refractivity contribution in [2.24, 2.45) is 5.92 Å². The van der Waals surface area contributed by atoms with Crippen molar-refractivity contribution in [2.45, 2.75) is 26.9 Å². The molecule has 2 heterocycles.